The van der Waals surface area contributed by atoms with Crippen molar-refractivity contribution in [3.05, 3.63) is 0 Å². The molecule has 0 aliphatic rings. The molecule has 0 aromatic rings. The standard InChI is InChI=1S/C20H42N2O5S.C17H38N2O4Si/c1-8-20(3,19(24)25-7)15-27-16-26-12-13-28-14-17(2)18(23)21-10-9-11-22(4,5)6;1-6-16(5)12-10-13-18-17(20)19-14-11-15-24(21-7-2,22-8-3)23-9-4/h17,19,24H,8-16H2,1-7H3;16H,6-15H2,1-5H3,(H2,18,19,20)/p+1. The van der Waals surface area contributed by atoms with E-state index in [4.69, 9.17) is 27.5 Å². The van der Waals surface area contributed by atoms with Crippen LogP contribution in [-0.4, -0.2) is 142 Å². The first kappa shape index (κ1) is 53.1. The molecule has 0 spiro atoms. The quantitative estimate of drug-likeness (QED) is 0.0299. The summed E-state index contributed by atoms with van der Waals surface area (Å²) >= 11 is 1.71. The van der Waals surface area contributed by atoms with Crippen molar-refractivity contribution in [3.63, 3.8) is 0 Å². The van der Waals surface area contributed by atoms with Crippen LogP contribution in [0, 0.1) is 17.3 Å². The molecule has 0 aromatic carbocycles. The van der Waals surface area contributed by atoms with Gasteiger partial charge >= 0.3 is 14.8 Å². The summed E-state index contributed by atoms with van der Waals surface area (Å²) in [7, 11) is 5.35. The Hall–Kier alpha value is -1.01. The van der Waals surface area contributed by atoms with E-state index in [0.29, 0.717) is 39.6 Å². The van der Waals surface area contributed by atoms with E-state index in [9.17, 15) is 14.7 Å². The molecule has 4 atom stereocenters. The molecule has 13 nitrogen and oxygen atoms in total. The molecule has 0 rings (SSSR count). The summed E-state index contributed by atoms with van der Waals surface area (Å²) < 4.78 is 34.3. The molecule has 0 fully saturated rings. The van der Waals surface area contributed by atoms with Crippen molar-refractivity contribution in [1.82, 2.24) is 16.0 Å². The van der Waals surface area contributed by atoms with Crippen LogP contribution in [0.5, 0.6) is 0 Å². The lowest BCUT2D eigenvalue weighted by Crippen LogP contribution is -2.46. The summed E-state index contributed by atoms with van der Waals surface area (Å²) in [6.07, 6.45) is 5.03. The van der Waals surface area contributed by atoms with Gasteiger partial charge in [0, 0.05) is 81.9 Å². The zero-order valence-electron chi connectivity index (χ0n) is 35.2. The fraction of sp³-hybridized carbons (Fsp3) is 0.946. The first-order chi connectivity index (χ1) is 24.6. The highest BCUT2D eigenvalue weighted by Crippen LogP contribution is 2.26. The van der Waals surface area contributed by atoms with Crippen molar-refractivity contribution in [1.29, 1.82) is 0 Å². The summed E-state index contributed by atoms with van der Waals surface area (Å²) in [6.45, 7) is 22.1. The van der Waals surface area contributed by atoms with E-state index >= 15 is 0 Å². The van der Waals surface area contributed by atoms with Crippen molar-refractivity contribution in [2.75, 3.05) is 106 Å². The van der Waals surface area contributed by atoms with Crippen LogP contribution in [0.4, 0.5) is 4.79 Å². The summed E-state index contributed by atoms with van der Waals surface area (Å²) in [5.74, 6) is 2.43. The van der Waals surface area contributed by atoms with Gasteiger partial charge in [-0.05, 0) is 52.4 Å². The number of methoxy groups -OCH3 is 1. The van der Waals surface area contributed by atoms with E-state index in [1.165, 1.54) is 13.5 Å². The van der Waals surface area contributed by atoms with Gasteiger partial charge in [-0.3, -0.25) is 4.79 Å². The zero-order chi connectivity index (χ0) is 39.9. The Morgan fingerprint density at radius 2 is 1.44 bits per heavy atom. The van der Waals surface area contributed by atoms with Gasteiger partial charge < -0.3 is 53.0 Å². The molecule has 0 radical (unpaired) electrons. The van der Waals surface area contributed by atoms with Crippen LogP contribution < -0.4 is 16.0 Å². The minimum atomic E-state index is -2.59. The number of hydrogen-bond donors (Lipinski definition) is 4. The number of thioether (sulfide) groups is 1. The predicted octanol–water partition coefficient (Wildman–Crippen LogP) is 5.49. The lowest BCUT2D eigenvalue weighted by Gasteiger charge is -2.31. The average Bonchev–Trinajstić information content (AvgIpc) is 3.10. The molecule has 312 valence electrons. The summed E-state index contributed by atoms with van der Waals surface area (Å²) in [4.78, 5) is 23.8. The van der Waals surface area contributed by atoms with Gasteiger partial charge in [0.15, 0.2) is 6.29 Å². The number of aliphatic hydroxyl groups is 1. The Labute approximate surface area is 323 Å². The van der Waals surface area contributed by atoms with E-state index in [-0.39, 0.29) is 24.6 Å². The van der Waals surface area contributed by atoms with E-state index in [2.05, 4.69) is 50.9 Å². The molecule has 3 amide bonds. The smallest absolute Gasteiger partial charge is 0.374 e. The number of quaternary nitrogens is 1. The number of rotatable bonds is 32. The van der Waals surface area contributed by atoms with Crippen molar-refractivity contribution in [2.24, 2.45) is 17.3 Å². The molecule has 0 saturated carbocycles. The number of carbonyl (C=O) groups excluding carboxylic acids is 2. The van der Waals surface area contributed by atoms with Gasteiger partial charge in [0.1, 0.15) is 6.79 Å². The molecule has 0 aromatic heterocycles. The first-order valence-corrected chi connectivity index (χ1v) is 22.6. The highest BCUT2D eigenvalue weighted by atomic mass is 32.2. The Bertz CT molecular complexity index is 859. The van der Waals surface area contributed by atoms with Gasteiger partial charge in [-0.15, -0.1) is 0 Å². The van der Waals surface area contributed by atoms with Crippen molar-refractivity contribution in [3.8, 4) is 0 Å². The first-order valence-electron chi connectivity index (χ1n) is 19.5. The Morgan fingerprint density at radius 1 is 0.865 bits per heavy atom. The third-order valence-corrected chi connectivity index (χ3v) is 13.0. The van der Waals surface area contributed by atoms with E-state index in [1.54, 1.807) is 11.8 Å². The van der Waals surface area contributed by atoms with Crippen molar-refractivity contribution >= 4 is 32.5 Å². The zero-order valence-corrected chi connectivity index (χ0v) is 37.1. The Morgan fingerprint density at radius 3 is 1.96 bits per heavy atom. The van der Waals surface area contributed by atoms with E-state index in [0.717, 1.165) is 79.7 Å². The third-order valence-electron chi connectivity index (χ3n) is 8.61. The number of amides is 3. The molecule has 0 bridgehead atoms. The highest BCUT2D eigenvalue weighted by molar-refractivity contribution is 7.99. The number of aliphatic hydroxyl groups excluding tert-OH is 1. The molecule has 0 aliphatic heterocycles. The minimum absolute atomic E-state index is 0.00818. The second-order valence-electron chi connectivity index (χ2n) is 14.5. The molecule has 4 unspecified atom stereocenters. The maximum Gasteiger partial charge on any atom is 0.500 e. The molecular formula is C37H81N4O9SSi+. The van der Waals surface area contributed by atoms with Crippen LogP contribution in [-0.2, 0) is 32.3 Å². The fourth-order valence-electron chi connectivity index (χ4n) is 4.85. The topological polar surface area (TPSA) is 146 Å². The van der Waals surface area contributed by atoms with E-state index in [1.807, 2.05) is 41.5 Å². The molecule has 4 N–H and O–H groups in total. The average molecular weight is 786 g/mol. The van der Waals surface area contributed by atoms with Crippen LogP contribution in [0.3, 0.4) is 0 Å². The van der Waals surface area contributed by atoms with Crippen LogP contribution in [0.25, 0.3) is 0 Å². The van der Waals surface area contributed by atoms with Gasteiger partial charge in [-0.1, -0.05) is 41.0 Å². The number of hydrogen-bond acceptors (Lipinski definition) is 10. The molecule has 0 aliphatic carbocycles. The second-order valence-corrected chi connectivity index (χ2v) is 18.4. The summed E-state index contributed by atoms with van der Waals surface area (Å²) in [6, 6.07) is 0.618. The Kier molecular flexibility index (Phi) is 32.9. The maximum atomic E-state index is 12.1. The minimum Gasteiger partial charge on any atom is -0.374 e. The lowest BCUT2D eigenvalue weighted by molar-refractivity contribution is -0.870. The van der Waals surface area contributed by atoms with Crippen LogP contribution >= 0.6 is 11.8 Å². The van der Waals surface area contributed by atoms with Crippen LogP contribution in [0.2, 0.25) is 6.04 Å². The van der Waals surface area contributed by atoms with Gasteiger partial charge in [0.05, 0.1) is 40.9 Å². The largest absolute Gasteiger partial charge is 0.500 e. The lowest BCUT2D eigenvalue weighted by atomic mass is 9.88. The number of nitrogens with zero attached hydrogens (tertiary/aromatic N) is 1. The molecule has 15 heteroatoms. The fourth-order valence-corrected chi connectivity index (χ4v) is 8.36. The Balaban J connectivity index is 0. The third kappa shape index (κ3) is 28.4. The SMILES string of the molecule is CCC(C)(COCOCCSCC(C)C(=O)NCCC[N+](C)(C)C)C(O)OC.CCO[Si](CCCNC(=O)NCCCC(C)CC)(OCC)OCC. The molecule has 0 saturated heterocycles. The number of carbonyl (C=O) groups is 2. The van der Waals surface area contributed by atoms with Gasteiger partial charge in [0.2, 0.25) is 5.91 Å². The number of ether oxygens (including phenoxy) is 3. The molecule has 52 heavy (non-hydrogen) atoms. The van der Waals surface area contributed by atoms with E-state index < -0.39 is 20.5 Å². The predicted molar refractivity (Wildman–Crippen MR) is 215 cm³/mol. The van der Waals surface area contributed by atoms with Crippen molar-refractivity contribution in [2.45, 2.75) is 106 Å². The normalized spacial score (nSPS) is 14.8. The van der Waals surface area contributed by atoms with Gasteiger partial charge in [-0.25, -0.2) is 4.79 Å². The van der Waals surface area contributed by atoms with Gasteiger partial charge in [-0.2, -0.15) is 11.8 Å². The summed E-state index contributed by atoms with van der Waals surface area (Å²) in [5.41, 5.74) is -0.443. The highest BCUT2D eigenvalue weighted by Gasteiger charge is 2.39. The number of nitrogens with one attached hydrogen (secondary N) is 3. The monoisotopic (exact) mass is 786 g/mol. The van der Waals surface area contributed by atoms with Crippen LogP contribution in [0.15, 0.2) is 0 Å². The van der Waals surface area contributed by atoms with Crippen molar-refractivity contribution < 1.29 is 46.7 Å². The maximum absolute atomic E-state index is 12.1. The van der Waals surface area contributed by atoms with Gasteiger partial charge in [0.25, 0.3) is 0 Å². The molecular weight excluding hydrogens is 705 g/mol. The summed E-state index contributed by atoms with van der Waals surface area (Å²) in [5, 5.41) is 18.7. The number of urea groups is 1. The second kappa shape index (κ2) is 32.3. The molecule has 0 heterocycles. The van der Waals surface area contributed by atoms with Crippen LogP contribution in [0.1, 0.15) is 93.9 Å².